The van der Waals surface area contributed by atoms with Gasteiger partial charge in [-0.05, 0) is 31.9 Å². The summed E-state index contributed by atoms with van der Waals surface area (Å²) in [5.74, 6) is 0.796. The van der Waals surface area contributed by atoms with Crippen molar-refractivity contribution in [3.8, 4) is 0 Å². The summed E-state index contributed by atoms with van der Waals surface area (Å²) in [6.07, 6.45) is 6.83. The van der Waals surface area contributed by atoms with Gasteiger partial charge in [-0.25, -0.2) is 4.99 Å². The highest BCUT2D eigenvalue weighted by Crippen LogP contribution is 2.27. The van der Waals surface area contributed by atoms with Crippen LogP contribution < -0.4 is 10.6 Å². The van der Waals surface area contributed by atoms with Gasteiger partial charge < -0.3 is 15.5 Å². The Bertz CT molecular complexity index is 333. The summed E-state index contributed by atoms with van der Waals surface area (Å²) in [5.41, 5.74) is 0. The molecule has 1 amide bonds. The van der Waals surface area contributed by atoms with Gasteiger partial charge in [0.15, 0.2) is 5.96 Å². The summed E-state index contributed by atoms with van der Waals surface area (Å²) in [5, 5.41) is 7.50. The van der Waals surface area contributed by atoms with Crippen molar-refractivity contribution in [1.82, 2.24) is 15.5 Å². The molecule has 5 nitrogen and oxygen atoms in total. The van der Waals surface area contributed by atoms with Gasteiger partial charge in [-0.2, -0.15) is 11.8 Å². The number of amides is 1. The van der Waals surface area contributed by atoms with Crippen LogP contribution in [0.5, 0.6) is 0 Å². The molecule has 20 heavy (non-hydrogen) atoms. The third-order valence-electron chi connectivity index (χ3n) is 3.47. The molecule has 2 atom stereocenters. The van der Waals surface area contributed by atoms with Crippen molar-refractivity contribution in [3.05, 3.63) is 0 Å². The number of likely N-dealkylation sites (N-methyl/N-ethyl adjacent to an activating group) is 1. The highest BCUT2D eigenvalue weighted by atomic mass is 32.2. The lowest BCUT2D eigenvalue weighted by molar-refractivity contribution is -0.127. The second-order valence-electron chi connectivity index (χ2n) is 5.39. The van der Waals surface area contributed by atoms with Gasteiger partial charge in [-0.1, -0.05) is 6.92 Å². The van der Waals surface area contributed by atoms with E-state index in [1.807, 2.05) is 11.8 Å². The molecule has 0 aromatic heterocycles. The Balaban J connectivity index is 2.51. The first-order valence-electron chi connectivity index (χ1n) is 7.34. The van der Waals surface area contributed by atoms with Gasteiger partial charge in [0.1, 0.15) is 6.54 Å². The topological polar surface area (TPSA) is 56.7 Å². The van der Waals surface area contributed by atoms with E-state index in [1.165, 1.54) is 19.3 Å². The molecule has 0 spiro atoms. The number of guanidine groups is 1. The van der Waals surface area contributed by atoms with Crippen LogP contribution in [0.25, 0.3) is 0 Å². The molecule has 0 aromatic rings. The Hall–Kier alpha value is -0.910. The smallest absolute Gasteiger partial charge is 0.243 e. The normalized spacial score (nSPS) is 22.7. The number of rotatable bonds is 6. The van der Waals surface area contributed by atoms with E-state index in [9.17, 15) is 4.79 Å². The highest BCUT2D eigenvalue weighted by molar-refractivity contribution is 7.99. The molecule has 1 aliphatic rings. The van der Waals surface area contributed by atoms with Gasteiger partial charge in [-0.15, -0.1) is 0 Å². The zero-order valence-corrected chi connectivity index (χ0v) is 13.9. The Morgan fingerprint density at radius 3 is 2.70 bits per heavy atom. The fraction of sp³-hybridized carbons (Fsp3) is 0.857. The first-order chi connectivity index (χ1) is 9.56. The van der Waals surface area contributed by atoms with E-state index in [1.54, 1.807) is 19.0 Å². The van der Waals surface area contributed by atoms with Gasteiger partial charge in [0, 0.05) is 31.9 Å². The van der Waals surface area contributed by atoms with Crippen LogP contribution in [-0.2, 0) is 4.79 Å². The molecule has 1 saturated carbocycles. The number of hydrogen-bond donors (Lipinski definition) is 2. The van der Waals surface area contributed by atoms with E-state index in [0.717, 1.165) is 24.2 Å². The van der Waals surface area contributed by atoms with Crippen molar-refractivity contribution >= 4 is 23.6 Å². The Morgan fingerprint density at radius 1 is 1.40 bits per heavy atom. The molecular weight excluding hydrogens is 272 g/mol. The van der Waals surface area contributed by atoms with Gasteiger partial charge in [0.25, 0.3) is 0 Å². The van der Waals surface area contributed by atoms with Crippen molar-refractivity contribution in [2.24, 2.45) is 4.99 Å². The fourth-order valence-corrected chi connectivity index (χ4v) is 2.96. The maximum absolute atomic E-state index is 11.6. The van der Waals surface area contributed by atoms with Crippen LogP contribution in [0.2, 0.25) is 0 Å². The minimum atomic E-state index is 0.0241. The average Bonchev–Trinajstić information content (AvgIpc) is 2.88. The van der Waals surface area contributed by atoms with Crippen molar-refractivity contribution < 1.29 is 4.79 Å². The molecule has 1 aliphatic carbocycles. The molecule has 0 heterocycles. The SMILES string of the molecule is CCCNC(=NCC(=O)N(C)C)NC1CCC(SC)C1. The third kappa shape index (κ3) is 6.03. The molecule has 0 aromatic carbocycles. The molecule has 0 saturated heterocycles. The average molecular weight is 300 g/mol. The molecule has 6 heteroatoms. The summed E-state index contributed by atoms with van der Waals surface area (Å²) < 4.78 is 0. The minimum absolute atomic E-state index is 0.0241. The molecule has 2 N–H and O–H groups in total. The largest absolute Gasteiger partial charge is 0.356 e. The van der Waals surface area contributed by atoms with E-state index in [-0.39, 0.29) is 12.5 Å². The number of carbonyl (C=O) groups is 1. The van der Waals surface area contributed by atoms with Crippen molar-refractivity contribution in [2.45, 2.75) is 43.9 Å². The third-order valence-corrected chi connectivity index (χ3v) is 4.57. The van der Waals surface area contributed by atoms with Gasteiger partial charge in [0.05, 0.1) is 0 Å². The Kier molecular flexibility index (Phi) is 7.80. The lowest BCUT2D eigenvalue weighted by atomic mass is 10.2. The van der Waals surface area contributed by atoms with Gasteiger partial charge >= 0.3 is 0 Å². The predicted octanol–water partition coefficient (Wildman–Crippen LogP) is 1.30. The predicted molar refractivity (Wildman–Crippen MR) is 87.4 cm³/mol. The highest BCUT2D eigenvalue weighted by Gasteiger charge is 2.24. The summed E-state index contributed by atoms with van der Waals surface area (Å²) in [4.78, 5) is 17.6. The maximum atomic E-state index is 11.6. The Morgan fingerprint density at radius 2 is 2.15 bits per heavy atom. The van der Waals surface area contributed by atoms with Crippen LogP contribution in [0.4, 0.5) is 0 Å². The number of nitrogens with one attached hydrogen (secondary N) is 2. The van der Waals surface area contributed by atoms with Gasteiger partial charge in [0.2, 0.25) is 5.91 Å². The summed E-state index contributed by atoms with van der Waals surface area (Å²) in [7, 11) is 3.51. The summed E-state index contributed by atoms with van der Waals surface area (Å²) in [6.45, 7) is 3.19. The molecule has 116 valence electrons. The zero-order chi connectivity index (χ0) is 15.0. The molecule has 0 aliphatic heterocycles. The summed E-state index contributed by atoms with van der Waals surface area (Å²) >= 11 is 1.94. The van der Waals surface area contributed by atoms with Crippen molar-refractivity contribution in [3.63, 3.8) is 0 Å². The number of carbonyl (C=O) groups excluding carboxylic acids is 1. The van der Waals surface area contributed by atoms with E-state index in [0.29, 0.717) is 6.04 Å². The molecule has 2 unspecified atom stereocenters. The Labute approximate surface area is 127 Å². The van der Waals surface area contributed by atoms with Crippen molar-refractivity contribution in [1.29, 1.82) is 0 Å². The van der Waals surface area contributed by atoms with Crippen LogP contribution in [0.3, 0.4) is 0 Å². The van der Waals surface area contributed by atoms with Crippen LogP contribution in [0.1, 0.15) is 32.6 Å². The number of thioether (sulfide) groups is 1. The first kappa shape index (κ1) is 17.1. The van der Waals surface area contributed by atoms with Crippen molar-refractivity contribution in [2.75, 3.05) is 33.4 Å². The van der Waals surface area contributed by atoms with E-state index < -0.39 is 0 Å². The lowest BCUT2D eigenvalue weighted by Crippen LogP contribution is -2.43. The summed E-state index contributed by atoms with van der Waals surface area (Å²) in [6, 6.07) is 0.477. The minimum Gasteiger partial charge on any atom is -0.356 e. The molecule has 1 fully saturated rings. The fourth-order valence-electron chi connectivity index (χ4n) is 2.16. The standard InChI is InChI=1S/C14H28N4OS/c1-5-8-15-14(16-10-13(19)18(2)3)17-11-6-7-12(9-11)20-4/h11-12H,5-10H2,1-4H3,(H2,15,16,17). The first-order valence-corrected chi connectivity index (χ1v) is 8.63. The molecule has 0 radical (unpaired) electrons. The maximum Gasteiger partial charge on any atom is 0.243 e. The van der Waals surface area contributed by atoms with Crippen LogP contribution in [0, 0.1) is 0 Å². The van der Waals surface area contributed by atoms with E-state index in [4.69, 9.17) is 0 Å². The second kappa shape index (κ2) is 9.10. The second-order valence-corrected chi connectivity index (χ2v) is 6.53. The zero-order valence-electron chi connectivity index (χ0n) is 13.1. The van der Waals surface area contributed by atoms with Gasteiger partial charge in [-0.3, -0.25) is 4.79 Å². The molecule has 1 rings (SSSR count). The quantitative estimate of drug-likeness (QED) is 0.573. The van der Waals surface area contributed by atoms with Crippen LogP contribution >= 0.6 is 11.8 Å². The van der Waals surface area contributed by atoms with Crippen LogP contribution in [0.15, 0.2) is 4.99 Å². The monoisotopic (exact) mass is 300 g/mol. The van der Waals surface area contributed by atoms with Crippen LogP contribution in [-0.4, -0.2) is 61.5 Å². The molecular formula is C14H28N4OS. The number of nitrogens with zero attached hydrogens (tertiary/aromatic N) is 2. The van der Waals surface area contributed by atoms with E-state index in [2.05, 4.69) is 28.8 Å². The molecule has 0 bridgehead atoms. The lowest BCUT2D eigenvalue weighted by Gasteiger charge is -2.18. The van der Waals surface area contributed by atoms with E-state index >= 15 is 0 Å². The number of hydrogen-bond acceptors (Lipinski definition) is 3. The number of aliphatic imine (C=N–C) groups is 1.